The lowest BCUT2D eigenvalue weighted by Crippen LogP contribution is -2.16. The van der Waals surface area contributed by atoms with Gasteiger partial charge in [-0.25, -0.2) is 9.97 Å². The molecule has 0 aliphatic carbocycles. The summed E-state index contributed by atoms with van der Waals surface area (Å²) in [6, 6.07) is 0.856. The minimum Gasteiger partial charge on any atom is -0.241 e. The molecule has 1 rings (SSSR count). The Bertz CT molecular complexity index is 352. The van der Waals surface area contributed by atoms with E-state index in [0.717, 1.165) is 12.3 Å². The Balaban J connectivity index is 3.07. The first-order valence-electron chi connectivity index (χ1n) is 4.90. The van der Waals surface area contributed by atoms with Crippen LogP contribution in [0, 0.1) is 0 Å². The minimum absolute atomic E-state index is 0.153. The first-order valence-corrected chi connectivity index (χ1v) is 5.34. The summed E-state index contributed by atoms with van der Waals surface area (Å²) in [5.74, 6) is -0.108. The smallest absolute Gasteiger partial charge is 0.241 e. The maximum absolute atomic E-state index is 12.4. The number of hydrogen-bond acceptors (Lipinski definition) is 2. The molecule has 0 saturated carbocycles. The third kappa shape index (κ3) is 3.07. The van der Waals surface area contributed by atoms with E-state index in [1.165, 1.54) is 0 Å². The Morgan fingerprint density at radius 1 is 1.44 bits per heavy atom. The van der Waals surface area contributed by atoms with E-state index in [1.54, 1.807) is 6.92 Å². The van der Waals surface area contributed by atoms with Crippen LogP contribution in [-0.2, 0) is 6.18 Å². The Morgan fingerprint density at radius 3 is 2.50 bits per heavy atom. The lowest BCUT2D eigenvalue weighted by molar-refractivity contribution is -0.141. The summed E-state index contributed by atoms with van der Waals surface area (Å²) in [5.41, 5.74) is -0.923. The van der Waals surface area contributed by atoms with Crippen LogP contribution in [0.2, 0.25) is 0 Å². The van der Waals surface area contributed by atoms with E-state index in [4.69, 9.17) is 11.6 Å². The molecule has 1 heterocycles. The second kappa shape index (κ2) is 4.99. The van der Waals surface area contributed by atoms with E-state index in [9.17, 15) is 13.2 Å². The zero-order valence-electron chi connectivity index (χ0n) is 8.92. The van der Waals surface area contributed by atoms with Crippen LogP contribution in [0.3, 0.4) is 0 Å². The maximum atomic E-state index is 12.4. The van der Waals surface area contributed by atoms with Crippen LogP contribution in [0.5, 0.6) is 0 Å². The molecule has 0 amide bonds. The fourth-order valence-corrected chi connectivity index (χ4v) is 1.71. The average molecular weight is 253 g/mol. The van der Waals surface area contributed by atoms with E-state index in [2.05, 4.69) is 9.97 Å². The SMILES string of the molecule is CCC(c1nccc(C(F)(F)F)n1)C(C)Cl. The second-order valence-electron chi connectivity index (χ2n) is 3.49. The third-order valence-electron chi connectivity index (χ3n) is 2.29. The summed E-state index contributed by atoms with van der Waals surface area (Å²) < 4.78 is 37.2. The molecule has 1 aromatic rings. The van der Waals surface area contributed by atoms with Crippen molar-refractivity contribution < 1.29 is 13.2 Å². The van der Waals surface area contributed by atoms with Gasteiger partial charge < -0.3 is 0 Å². The van der Waals surface area contributed by atoms with Crippen molar-refractivity contribution in [2.45, 2.75) is 37.7 Å². The van der Waals surface area contributed by atoms with E-state index >= 15 is 0 Å². The summed E-state index contributed by atoms with van der Waals surface area (Å²) in [6.45, 7) is 3.56. The molecule has 0 spiro atoms. The summed E-state index contributed by atoms with van der Waals surface area (Å²) in [5, 5.41) is -0.298. The highest BCUT2D eigenvalue weighted by molar-refractivity contribution is 6.20. The summed E-state index contributed by atoms with van der Waals surface area (Å²) in [6.07, 6.45) is -2.72. The summed E-state index contributed by atoms with van der Waals surface area (Å²) in [4.78, 5) is 7.37. The lowest BCUT2D eigenvalue weighted by atomic mass is 10.0. The van der Waals surface area contributed by atoms with Crippen molar-refractivity contribution in [2.75, 3.05) is 0 Å². The van der Waals surface area contributed by atoms with E-state index in [0.29, 0.717) is 6.42 Å². The van der Waals surface area contributed by atoms with E-state index in [1.807, 2.05) is 6.92 Å². The molecule has 0 aliphatic rings. The van der Waals surface area contributed by atoms with E-state index in [-0.39, 0.29) is 17.1 Å². The standard InChI is InChI=1S/C10H12ClF3N2/c1-3-7(6(2)11)9-15-5-4-8(16-9)10(12,13)14/h4-7H,3H2,1-2H3. The Labute approximate surface area is 96.9 Å². The highest BCUT2D eigenvalue weighted by Crippen LogP contribution is 2.30. The van der Waals surface area contributed by atoms with Crippen molar-refractivity contribution in [3.8, 4) is 0 Å². The predicted molar refractivity (Wildman–Crippen MR) is 55.4 cm³/mol. The number of hydrogen-bond donors (Lipinski definition) is 0. The monoisotopic (exact) mass is 252 g/mol. The normalized spacial score (nSPS) is 15.9. The zero-order chi connectivity index (χ0) is 12.3. The molecule has 16 heavy (non-hydrogen) atoms. The fourth-order valence-electron chi connectivity index (χ4n) is 1.42. The van der Waals surface area contributed by atoms with Crippen molar-refractivity contribution in [3.05, 3.63) is 23.8 Å². The number of aromatic nitrogens is 2. The van der Waals surface area contributed by atoms with Crippen molar-refractivity contribution >= 4 is 11.6 Å². The molecule has 0 aromatic carbocycles. The summed E-state index contributed by atoms with van der Waals surface area (Å²) >= 11 is 5.88. The molecule has 0 radical (unpaired) electrons. The number of rotatable bonds is 3. The molecule has 0 fully saturated rings. The Hall–Kier alpha value is -0.840. The van der Waals surface area contributed by atoms with Crippen molar-refractivity contribution in [3.63, 3.8) is 0 Å². The van der Waals surface area contributed by atoms with Gasteiger partial charge in [0, 0.05) is 17.5 Å². The van der Waals surface area contributed by atoms with Crippen LogP contribution in [0.4, 0.5) is 13.2 Å². The third-order valence-corrected chi connectivity index (χ3v) is 2.59. The predicted octanol–water partition coefficient (Wildman–Crippen LogP) is 3.62. The quantitative estimate of drug-likeness (QED) is 0.768. The minimum atomic E-state index is -4.44. The molecule has 2 atom stereocenters. The van der Waals surface area contributed by atoms with Gasteiger partial charge in [-0.15, -0.1) is 11.6 Å². The molecule has 2 unspecified atom stereocenters. The van der Waals surface area contributed by atoms with Gasteiger partial charge in [0.2, 0.25) is 0 Å². The van der Waals surface area contributed by atoms with Gasteiger partial charge in [0.05, 0.1) is 0 Å². The van der Waals surface area contributed by atoms with Gasteiger partial charge in [0.15, 0.2) is 0 Å². The molecule has 6 heteroatoms. The number of nitrogens with zero attached hydrogens (tertiary/aromatic N) is 2. The van der Waals surface area contributed by atoms with Crippen LogP contribution < -0.4 is 0 Å². The van der Waals surface area contributed by atoms with Gasteiger partial charge >= 0.3 is 6.18 Å². The Kier molecular flexibility index (Phi) is 4.13. The average Bonchev–Trinajstić information content (AvgIpc) is 2.17. The van der Waals surface area contributed by atoms with Gasteiger partial charge in [0.25, 0.3) is 0 Å². The van der Waals surface area contributed by atoms with Crippen LogP contribution in [0.1, 0.15) is 37.7 Å². The van der Waals surface area contributed by atoms with Crippen LogP contribution >= 0.6 is 11.6 Å². The molecule has 2 nitrogen and oxygen atoms in total. The van der Waals surface area contributed by atoms with Crippen LogP contribution in [0.15, 0.2) is 12.3 Å². The van der Waals surface area contributed by atoms with Gasteiger partial charge in [-0.1, -0.05) is 6.92 Å². The van der Waals surface area contributed by atoms with Gasteiger partial charge in [0.1, 0.15) is 11.5 Å². The molecule has 0 saturated heterocycles. The van der Waals surface area contributed by atoms with Gasteiger partial charge in [-0.2, -0.15) is 13.2 Å². The molecule has 0 bridgehead atoms. The van der Waals surface area contributed by atoms with Crippen LogP contribution in [0.25, 0.3) is 0 Å². The highest BCUT2D eigenvalue weighted by Gasteiger charge is 2.33. The van der Waals surface area contributed by atoms with Gasteiger partial charge in [-0.3, -0.25) is 0 Å². The van der Waals surface area contributed by atoms with Gasteiger partial charge in [-0.05, 0) is 19.4 Å². The first kappa shape index (κ1) is 13.2. The Morgan fingerprint density at radius 2 is 2.06 bits per heavy atom. The van der Waals surface area contributed by atoms with E-state index < -0.39 is 11.9 Å². The first-order chi connectivity index (χ1) is 7.36. The fraction of sp³-hybridized carbons (Fsp3) is 0.600. The van der Waals surface area contributed by atoms with Crippen molar-refractivity contribution in [1.29, 1.82) is 0 Å². The molecule has 90 valence electrons. The molecule has 0 N–H and O–H groups in total. The highest BCUT2D eigenvalue weighted by atomic mass is 35.5. The van der Waals surface area contributed by atoms with Crippen molar-refractivity contribution in [1.82, 2.24) is 9.97 Å². The van der Waals surface area contributed by atoms with Crippen LogP contribution in [-0.4, -0.2) is 15.3 Å². The number of alkyl halides is 4. The maximum Gasteiger partial charge on any atom is 0.433 e. The molecule has 0 aliphatic heterocycles. The number of halogens is 4. The largest absolute Gasteiger partial charge is 0.433 e. The molecule has 1 aromatic heterocycles. The molecular weight excluding hydrogens is 241 g/mol. The summed E-state index contributed by atoms with van der Waals surface area (Å²) in [7, 11) is 0. The second-order valence-corrected chi connectivity index (χ2v) is 4.18. The lowest BCUT2D eigenvalue weighted by Gasteiger charge is -2.16. The topological polar surface area (TPSA) is 25.8 Å². The molecular formula is C10H12ClF3N2. The zero-order valence-corrected chi connectivity index (χ0v) is 9.68. The van der Waals surface area contributed by atoms with Crippen molar-refractivity contribution in [2.24, 2.45) is 0 Å².